The van der Waals surface area contributed by atoms with Crippen LogP contribution in [0.5, 0.6) is 0 Å². The first-order chi connectivity index (χ1) is 16.3. The lowest BCUT2D eigenvalue weighted by Crippen LogP contribution is -2.59. The van der Waals surface area contributed by atoms with E-state index >= 15 is 0 Å². The number of hydrogen-bond acceptors (Lipinski definition) is 4. The molecule has 6 nitrogen and oxygen atoms in total. The molecule has 1 fully saturated rings. The summed E-state index contributed by atoms with van der Waals surface area (Å²) in [5, 5.41) is 9.89. The molecule has 2 aromatic carbocycles. The Morgan fingerprint density at radius 1 is 1.14 bits per heavy atom. The molecule has 1 heterocycles. The van der Waals surface area contributed by atoms with Gasteiger partial charge in [-0.25, -0.2) is 8.42 Å². The molecule has 0 aliphatic carbocycles. The van der Waals surface area contributed by atoms with Crippen LogP contribution in [-0.2, 0) is 19.4 Å². The minimum Gasteiger partial charge on any atom is -0.481 e. The number of amides is 1. The summed E-state index contributed by atoms with van der Waals surface area (Å²) in [6.07, 6.45) is 1.45. The fourth-order valence-corrected chi connectivity index (χ4v) is 6.50. The number of carbonyl (C=O) groups is 2. The van der Waals surface area contributed by atoms with Crippen molar-refractivity contribution in [3.63, 3.8) is 0 Å². The average Bonchev–Trinajstić information content (AvgIpc) is 2.76. The van der Waals surface area contributed by atoms with Crippen LogP contribution in [0.3, 0.4) is 0 Å². The van der Waals surface area contributed by atoms with Crippen molar-refractivity contribution in [2.45, 2.75) is 63.3 Å². The third kappa shape index (κ3) is 5.84. The molecular formula is C26H31Cl2NO5S. The first kappa shape index (κ1) is 27.5. The number of hydrogen-bond donors (Lipinski definition) is 1. The fourth-order valence-electron chi connectivity index (χ4n) is 5.28. The third-order valence-electron chi connectivity index (χ3n) is 7.12. The Balaban J connectivity index is 2.30. The van der Waals surface area contributed by atoms with Crippen molar-refractivity contribution in [2.24, 2.45) is 5.41 Å². The molecule has 2 aromatic rings. The van der Waals surface area contributed by atoms with Gasteiger partial charge in [0.1, 0.15) is 0 Å². The van der Waals surface area contributed by atoms with E-state index in [1.54, 1.807) is 36.9 Å². The molecule has 0 aromatic heterocycles. The number of likely N-dealkylation sites (tertiary alicyclic amines) is 1. The first-order valence-electron chi connectivity index (χ1n) is 11.5. The van der Waals surface area contributed by atoms with Gasteiger partial charge in [0.15, 0.2) is 9.84 Å². The van der Waals surface area contributed by atoms with Crippen LogP contribution < -0.4 is 0 Å². The van der Waals surface area contributed by atoms with Gasteiger partial charge >= 0.3 is 5.97 Å². The van der Waals surface area contributed by atoms with Gasteiger partial charge in [0.25, 0.3) is 0 Å². The fraction of sp³-hybridized carbons (Fsp3) is 0.462. The van der Waals surface area contributed by atoms with Crippen molar-refractivity contribution >= 4 is 44.9 Å². The van der Waals surface area contributed by atoms with E-state index in [0.717, 1.165) is 17.4 Å². The number of carboxylic acids is 1. The predicted molar refractivity (Wildman–Crippen MR) is 139 cm³/mol. The minimum atomic E-state index is -3.50. The van der Waals surface area contributed by atoms with Gasteiger partial charge in [0.05, 0.1) is 23.1 Å². The number of halogens is 2. The molecule has 1 amide bonds. The maximum Gasteiger partial charge on any atom is 0.304 e. The lowest BCUT2D eigenvalue weighted by molar-refractivity contribution is -0.160. The van der Waals surface area contributed by atoms with Crippen molar-refractivity contribution in [3.05, 3.63) is 69.7 Å². The van der Waals surface area contributed by atoms with Crippen LogP contribution in [0.25, 0.3) is 0 Å². The Kier molecular flexibility index (Phi) is 8.24. The predicted octanol–water partition coefficient (Wildman–Crippen LogP) is 5.74. The average molecular weight is 541 g/mol. The lowest BCUT2D eigenvalue weighted by Gasteiger charge is -2.52. The number of carboxylic acid groups (broad SMARTS) is 1. The van der Waals surface area contributed by atoms with E-state index in [4.69, 9.17) is 23.2 Å². The number of piperidine rings is 1. The van der Waals surface area contributed by atoms with Crippen LogP contribution in [0.1, 0.15) is 63.1 Å². The van der Waals surface area contributed by atoms with Crippen molar-refractivity contribution in [1.82, 2.24) is 4.90 Å². The number of benzene rings is 2. The summed E-state index contributed by atoms with van der Waals surface area (Å²) in [6.45, 7) is 5.10. The molecule has 0 saturated carbocycles. The second-order valence-corrected chi connectivity index (χ2v) is 13.0. The molecule has 3 rings (SSSR count). The largest absolute Gasteiger partial charge is 0.481 e. The molecule has 5 atom stereocenters. The second-order valence-electron chi connectivity index (χ2n) is 9.72. The van der Waals surface area contributed by atoms with Gasteiger partial charge in [-0.1, -0.05) is 61.3 Å². The maximum absolute atomic E-state index is 14.1. The van der Waals surface area contributed by atoms with E-state index in [0.29, 0.717) is 16.5 Å². The van der Waals surface area contributed by atoms with Crippen molar-refractivity contribution in [1.29, 1.82) is 0 Å². The van der Waals surface area contributed by atoms with Gasteiger partial charge in [-0.05, 0) is 55.2 Å². The quantitative estimate of drug-likeness (QED) is 0.461. The highest BCUT2D eigenvalue weighted by molar-refractivity contribution is 7.91. The number of nitrogens with zero attached hydrogens (tertiary/aromatic N) is 1. The standard InChI is InChI=1S/C26H31Cl2NO5S/c1-5-22(16(2)35(4,33)34)29-24(17-9-11-19(27)12-10-17)21(18-7-6-8-20(28)13-18)14-26(3,25(29)32)15-23(30)31/h6-13,16,21-22,24H,5,14-15H2,1-4H3,(H,30,31)/t16?,21-,22?,24-,26-/m1/s1. The monoisotopic (exact) mass is 539 g/mol. The summed E-state index contributed by atoms with van der Waals surface area (Å²) in [6, 6.07) is 13.3. The molecule has 0 radical (unpaired) electrons. The van der Waals surface area contributed by atoms with Crippen LogP contribution in [0.15, 0.2) is 48.5 Å². The van der Waals surface area contributed by atoms with E-state index in [2.05, 4.69) is 0 Å². The van der Waals surface area contributed by atoms with Gasteiger partial charge in [-0.2, -0.15) is 0 Å². The van der Waals surface area contributed by atoms with Gasteiger partial charge in [0.2, 0.25) is 5.91 Å². The van der Waals surface area contributed by atoms with E-state index in [9.17, 15) is 23.1 Å². The SMILES string of the molecule is CCC(C(C)S(C)(=O)=O)N1C(=O)[C@@](C)(CC(=O)O)C[C@H](c2cccc(Cl)c2)[C@H]1c1ccc(Cl)cc1. The number of sulfone groups is 1. The van der Waals surface area contributed by atoms with Gasteiger partial charge in [-0.15, -0.1) is 0 Å². The summed E-state index contributed by atoms with van der Waals surface area (Å²) in [5.41, 5.74) is 0.421. The highest BCUT2D eigenvalue weighted by atomic mass is 35.5. The van der Waals surface area contributed by atoms with Crippen molar-refractivity contribution < 1.29 is 23.1 Å². The molecule has 2 unspecified atom stereocenters. The molecular weight excluding hydrogens is 509 g/mol. The minimum absolute atomic E-state index is 0.270. The van der Waals surface area contributed by atoms with Gasteiger partial charge in [-0.3, -0.25) is 9.59 Å². The molecule has 1 aliphatic heterocycles. The molecule has 190 valence electrons. The maximum atomic E-state index is 14.1. The first-order valence-corrected chi connectivity index (χ1v) is 14.2. The summed E-state index contributed by atoms with van der Waals surface area (Å²) in [4.78, 5) is 27.6. The number of carbonyl (C=O) groups excluding carboxylic acids is 1. The number of aliphatic carboxylic acids is 1. The third-order valence-corrected chi connectivity index (χ3v) is 9.28. The van der Waals surface area contributed by atoms with E-state index in [-0.39, 0.29) is 24.7 Å². The number of rotatable bonds is 8. The van der Waals surface area contributed by atoms with Crippen molar-refractivity contribution in [2.75, 3.05) is 6.26 Å². The molecule has 9 heteroatoms. The lowest BCUT2D eigenvalue weighted by atomic mass is 9.67. The Bertz CT molecular complexity index is 1200. The second kappa shape index (κ2) is 10.5. The molecule has 0 spiro atoms. The Hall–Kier alpha value is -2.09. The topological polar surface area (TPSA) is 91.8 Å². The van der Waals surface area contributed by atoms with E-state index in [1.165, 1.54) is 0 Å². The van der Waals surface area contributed by atoms with Crippen LogP contribution in [-0.4, -0.2) is 47.8 Å². The molecule has 0 bridgehead atoms. The molecule has 1 N–H and O–H groups in total. The summed E-state index contributed by atoms with van der Waals surface area (Å²) in [5.74, 6) is -1.77. The van der Waals surface area contributed by atoms with E-state index < -0.39 is 38.6 Å². The van der Waals surface area contributed by atoms with Crippen LogP contribution in [0, 0.1) is 5.41 Å². The zero-order valence-electron chi connectivity index (χ0n) is 20.2. The molecule has 35 heavy (non-hydrogen) atoms. The zero-order chi connectivity index (χ0) is 26.1. The Morgan fingerprint density at radius 2 is 1.77 bits per heavy atom. The van der Waals surface area contributed by atoms with Crippen LogP contribution >= 0.6 is 23.2 Å². The van der Waals surface area contributed by atoms with Crippen molar-refractivity contribution in [3.8, 4) is 0 Å². The summed E-state index contributed by atoms with van der Waals surface area (Å²) in [7, 11) is -3.50. The smallest absolute Gasteiger partial charge is 0.304 e. The van der Waals surface area contributed by atoms with Gasteiger partial charge < -0.3 is 10.0 Å². The Labute approximate surface area is 217 Å². The molecule has 1 saturated heterocycles. The summed E-state index contributed by atoms with van der Waals surface area (Å²) < 4.78 is 25.3. The Morgan fingerprint density at radius 3 is 2.29 bits per heavy atom. The van der Waals surface area contributed by atoms with Gasteiger partial charge in [0, 0.05) is 28.3 Å². The van der Waals surface area contributed by atoms with E-state index in [1.807, 2.05) is 37.3 Å². The highest BCUT2D eigenvalue weighted by Gasteiger charge is 2.53. The van der Waals surface area contributed by atoms with Crippen LogP contribution in [0.4, 0.5) is 0 Å². The summed E-state index contributed by atoms with van der Waals surface area (Å²) >= 11 is 12.5. The highest BCUT2D eigenvalue weighted by Crippen LogP contribution is 2.52. The zero-order valence-corrected chi connectivity index (χ0v) is 22.6. The molecule has 1 aliphatic rings. The normalized spacial score (nSPS) is 24.7. The van der Waals surface area contributed by atoms with Crippen LogP contribution in [0.2, 0.25) is 10.0 Å².